The minimum atomic E-state index is -7.22. The van der Waals surface area contributed by atoms with Gasteiger partial charge in [-0.25, -0.2) is 87.8 Å². The molecule has 0 atom stereocenters. The van der Waals surface area contributed by atoms with Crippen molar-refractivity contribution in [2.24, 2.45) is 0 Å². The maximum absolute atomic E-state index is 15.4. The molecule has 0 saturated carbocycles. The quantitative estimate of drug-likeness (QED) is 0.0807. The molecule has 0 aliphatic heterocycles. The molecule has 5 aromatic rings. The normalized spacial score (nSPS) is 11.6. The van der Waals surface area contributed by atoms with Gasteiger partial charge in [-0.05, 0) is 12.0 Å². The maximum Gasteiger partial charge on any atom is 0.200 e. The van der Waals surface area contributed by atoms with Gasteiger partial charge < -0.3 is 5.32 Å². The summed E-state index contributed by atoms with van der Waals surface area (Å²) >= 11 is 0. The second-order valence-electron chi connectivity index (χ2n) is 11.5. The van der Waals surface area contributed by atoms with Crippen molar-refractivity contribution in [2.75, 3.05) is 7.05 Å². The Morgan fingerprint density at radius 2 is 0.536 bits per heavy atom. The van der Waals surface area contributed by atoms with Crippen molar-refractivity contribution in [1.29, 1.82) is 0 Å². The second-order valence-corrected chi connectivity index (χ2v) is 11.5. The molecule has 0 saturated heterocycles. The standard InChI is InChI=1S/C24BF20.C10H15N/c26-5-1(6(27)14(35)21(42)13(5)34)25(2-7(28)15(36)22(43)16(37)8(2)29,3-9(30)17(38)23(44)18(39)10(3)31)4-11(32)19(40)24(45)20(41)12(4)33;1-3-9-6-4-5-7-10(9)8-11-2/h;4-7,11H,3,8H2,1-2H3/q-1;/p+1. The van der Waals surface area contributed by atoms with E-state index in [1.807, 2.05) is 0 Å². The fraction of sp³-hybridized carbons (Fsp3) is 0.118. The topological polar surface area (TPSA) is 16.6 Å². The molecule has 0 spiro atoms. The lowest BCUT2D eigenvalue weighted by Crippen LogP contribution is -2.81. The SMILES string of the molecule is CCc1ccccc1C[NH2+]C.Fc1c(F)c(F)c([B-](c2c(F)c(F)c(F)c(F)c2F)(c2c(F)c(F)c(F)c(F)c2F)c2c(F)c(F)c(F)c(F)c2F)c(F)c1F. The van der Waals surface area contributed by atoms with E-state index in [0.29, 0.717) is 0 Å². The average Bonchev–Trinajstić information content (AvgIpc) is 3.18. The predicted octanol–water partition coefficient (Wildman–Crippen LogP) is 6.79. The van der Waals surface area contributed by atoms with Crippen LogP contribution >= 0.6 is 0 Å². The molecular weight excluding hydrogens is 813 g/mol. The number of quaternary nitrogens is 1. The van der Waals surface area contributed by atoms with Gasteiger partial charge in [0.25, 0.3) is 0 Å². The third-order valence-corrected chi connectivity index (χ3v) is 8.63. The summed E-state index contributed by atoms with van der Waals surface area (Å²) in [4.78, 5) is 0. The van der Waals surface area contributed by atoms with Crippen molar-refractivity contribution in [3.8, 4) is 0 Å². The zero-order chi connectivity index (χ0) is 42.5. The second kappa shape index (κ2) is 16.1. The summed E-state index contributed by atoms with van der Waals surface area (Å²) in [6.45, 7) is 3.30. The van der Waals surface area contributed by atoms with Gasteiger partial charge in [0.05, 0.1) is 7.05 Å². The third-order valence-electron chi connectivity index (χ3n) is 8.63. The van der Waals surface area contributed by atoms with Gasteiger partial charge in [-0.3, -0.25) is 0 Å². The molecule has 0 aliphatic carbocycles. The molecule has 1 nitrogen and oxygen atoms in total. The molecule has 300 valence electrons. The first kappa shape index (κ1) is 43.5. The Labute approximate surface area is 300 Å². The van der Waals surface area contributed by atoms with Crippen LogP contribution in [0.1, 0.15) is 18.1 Å². The van der Waals surface area contributed by atoms with Crippen LogP contribution in [0.3, 0.4) is 0 Å². The summed E-state index contributed by atoms with van der Waals surface area (Å²) < 4.78 is 294. The Bertz CT molecular complexity index is 2000. The lowest BCUT2D eigenvalue weighted by atomic mass is 9.12. The highest BCUT2D eigenvalue weighted by Crippen LogP contribution is 2.30. The van der Waals surface area contributed by atoms with Gasteiger partial charge in [-0.15, -0.1) is 21.9 Å². The summed E-state index contributed by atoms with van der Waals surface area (Å²) in [6, 6.07) is 8.63. The molecule has 0 amide bonds. The molecule has 22 heteroatoms. The van der Waals surface area contributed by atoms with E-state index in [0.717, 1.165) is 13.0 Å². The summed E-state index contributed by atoms with van der Waals surface area (Å²) in [5.41, 5.74) is -11.4. The van der Waals surface area contributed by atoms with Crippen molar-refractivity contribution in [2.45, 2.75) is 19.9 Å². The highest BCUT2D eigenvalue weighted by atomic mass is 19.2. The summed E-state index contributed by atoms with van der Waals surface area (Å²) in [7, 11) is 2.10. The third kappa shape index (κ3) is 6.49. The van der Waals surface area contributed by atoms with Crippen LogP contribution in [0.25, 0.3) is 0 Å². The van der Waals surface area contributed by atoms with Gasteiger partial charge in [-0.1, -0.05) is 31.2 Å². The Kier molecular flexibility index (Phi) is 12.5. The first-order valence-corrected chi connectivity index (χ1v) is 15.2. The molecule has 0 radical (unpaired) electrons. The molecule has 2 N–H and O–H groups in total. The number of aryl methyl sites for hydroxylation is 1. The lowest BCUT2D eigenvalue weighted by molar-refractivity contribution is -0.643. The number of rotatable bonds is 7. The minimum Gasteiger partial charge on any atom is -0.345 e. The summed E-state index contributed by atoms with van der Waals surface area (Å²) in [5, 5.41) is 2.20. The van der Waals surface area contributed by atoms with E-state index in [9.17, 15) is 52.7 Å². The molecule has 5 aromatic carbocycles. The molecular formula is C34H16BF20N. The average molecular weight is 829 g/mol. The van der Waals surface area contributed by atoms with Gasteiger partial charge in [0.15, 0.2) is 69.8 Å². The fourth-order valence-corrected chi connectivity index (χ4v) is 6.20. The predicted molar refractivity (Wildman–Crippen MR) is 157 cm³/mol. The first-order chi connectivity index (χ1) is 26.1. The van der Waals surface area contributed by atoms with Crippen LogP contribution in [-0.2, 0) is 13.0 Å². The molecule has 0 unspecified atom stereocenters. The van der Waals surface area contributed by atoms with Crippen LogP contribution in [0.4, 0.5) is 87.8 Å². The van der Waals surface area contributed by atoms with Crippen molar-refractivity contribution < 1.29 is 93.1 Å². The van der Waals surface area contributed by atoms with Crippen LogP contribution < -0.4 is 27.2 Å². The fourth-order valence-electron chi connectivity index (χ4n) is 6.20. The van der Waals surface area contributed by atoms with E-state index in [2.05, 4.69) is 43.6 Å². The molecule has 0 bridgehead atoms. The Hall–Kier alpha value is -5.28. The van der Waals surface area contributed by atoms with Crippen molar-refractivity contribution in [3.63, 3.8) is 0 Å². The molecule has 0 aliphatic rings. The van der Waals surface area contributed by atoms with E-state index in [1.165, 1.54) is 11.1 Å². The number of nitrogens with two attached hydrogens (primary N) is 1. The van der Waals surface area contributed by atoms with E-state index < -0.39 is 144 Å². The highest BCUT2D eigenvalue weighted by molar-refractivity contribution is 7.20. The van der Waals surface area contributed by atoms with E-state index in [4.69, 9.17) is 0 Å². The Morgan fingerprint density at radius 3 is 0.732 bits per heavy atom. The van der Waals surface area contributed by atoms with Gasteiger partial charge in [0, 0.05) is 5.56 Å². The van der Waals surface area contributed by atoms with Gasteiger partial charge >= 0.3 is 0 Å². The van der Waals surface area contributed by atoms with Crippen LogP contribution in [0.5, 0.6) is 0 Å². The molecule has 0 aromatic heterocycles. The van der Waals surface area contributed by atoms with E-state index >= 15 is 35.1 Å². The summed E-state index contributed by atoms with van der Waals surface area (Å²) in [6.07, 6.45) is -6.07. The maximum atomic E-state index is 15.4. The largest absolute Gasteiger partial charge is 0.345 e. The summed E-state index contributed by atoms with van der Waals surface area (Å²) in [5.74, 6) is -71.4. The van der Waals surface area contributed by atoms with Gasteiger partial charge in [-0.2, -0.15) is 0 Å². The van der Waals surface area contributed by atoms with E-state index in [-0.39, 0.29) is 0 Å². The van der Waals surface area contributed by atoms with Crippen LogP contribution in [-0.4, -0.2) is 13.2 Å². The number of hydrogen-bond donors (Lipinski definition) is 1. The van der Waals surface area contributed by atoms with E-state index in [1.54, 1.807) is 0 Å². The van der Waals surface area contributed by atoms with Gasteiger partial charge in [0.1, 0.15) is 59.2 Å². The zero-order valence-electron chi connectivity index (χ0n) is 27.4. The molecule has 56 heavy (non-hydrogen) atoms. The van der Waals surface area contributed by atoms with Crippen LogP contribution in [0.2, 0.25) is 0 Å². The highest BCUT2D eigenvalue weighted by Gasteiger charge is 2.52. The monoisotopic (exact) mass is 829 g/mol. The molecule has 5 rings (SSSR count). The lowest BCUT2D eigenvalue weighted by Gasteiger charge is -2.44. The van der Waals surface area contributed by atoms with Gasteiger partial charge in [0.2, 0.25) is 0 Å². The zero-order valence-corrected chi connectivity index (χ0v) is 27.4. The number of halogens is 20. The van der Waals surface area contributed by atoms with Crippen molar-refractivity contribution >= 4 is 28.0 Å². The Balaban J connectivity index is 0.000000544. The van der Waals surface area contributed by atoms with Crippen molar-refractivity contribution in [3.05, 3.63) is 152 Å². The number of hydrogen-bond acceptors (Lipinski definition) is 0. The van der Waals surface area contributed by atoms with Crippen molar-refractivity contribution in [1.82, 2.24) is 0 Å². The van der Waals surface area contributed by atoms with Crippen LogP contribution in [0.15, 0.2) is 24.3 Å². The number of benzene rings is 5. The minimum absolute atomic E-state index is 1.10. The molecule has 0 heterocycles. The Morgan fingerprint density at radius 1 is 0.339 bits per heavy atom. The smallest absolute Gasteiger partial charge is 0.200 e. The first-order valence-electron chi connectivity index (χ1n) is 15.2. The van der Waals surface area contributed by atoms with Crippen LogP contribution in [0, 0.1) is 116 Å². The molecule has 0 fully saturated rings.